The number of nitrogens with zero attached hydrogens (tertiary/aromatic N) is 1. The van der Waals surface area contributed by atoms with Crippen LogP contribution < -0.4 is 0 Å². The topological polar surface area (TPSA) is 37.4 Å². The quantitative estimate of drug-likeness (QED) is 0.549. The Morgan fingerprint density at radius 1 is 1.53 bits per heavy atom. The standard InChI is InChI=1S/C9H19ClNO2PS/c1-5-8(3)15-14(13,6-2)11(4)9(12)7-10/h8H,5-7H2,1-4H3. The van der Waals surface area contributed by atoms with E-state index in [0.717, 1.165) is 6.42 Å². The maximum absolute atomic E-state index is 12.5. The molecule has 15 heavy (non-hydrogen) atoms. The molecule has 1 amide bonds. The van der Waals surface area contributed by atoms with E-state index in [1.54, 1.807) is 7.05 Å². The van der Waals surface area contributed by atoms with Gasteiger partial charge >= 0.3 is 0 Å². The van der Waals surface area contributed by atoms with Crippen LogP contribution in [0.15, 0.2) is 0 Å². The third-order valence-electron chi connectivity index (χ3n) is 2.25. The van der Waals surface area contributed by atoms with Crippen LogP contribution in [-0.4, -0.2) is 34.9 Å². The number of amides is 1. The predicted octanol–water partition coefficient (Wildman–Crippen LogP) is 3.43. The Morgan fingerprint density at radius 3 is 2.40 bits per heavy atom. The van der Waals surface area contributed by atoms with Crippen molar-refractivity contribution in [3.8, 4) is 0 Å². The molecule has 0 N–H and O–H groups in total. The smallest absolute Gasteiger partial charge is 0.243 e. The van der Waals surface area contributed by atoms with Crippen LogP contribution in [-0.2, 0) is 9.36 Å². The first-order valence-electron chi connectivity index (χ1n) is 5.01. The minimum atomic E-state index is -2.62. The van der Waals surface area contributed by atoms with E-state index >= 15 is 0 Å². The minimum Gasteiger partial charge on any atom is -0.288 e. The average Bonchev–Trinajstić information content (AvgIpc) is 2.26. The van der Waals surface area contributed by atoms with Gasteiger partial charge in [0, 0.05) is 18.5 Å². The van der Waals surface area contributed by atoms with Crippen molar-refractivity contribution in [3.05, 3.63) is 0 Å². The summed E-state index contributed by atoms with van der Waals surface area (Å²) in [7, 11) is 1.57. The molecule has 0 aromatic rings. The van der Waals surface area contributed by atoms with Gasteiger partial charge in [-0.25, -0.2) is 0 Å². The van der Waals surface area contributed by atoms with Gasteiger partial charge in [0.1, 0.15) is 5.88 Å². The maximum Gasteiger partial charge on any atom is 0.243 e. The first-order valence-corrected chi connectivity index (χ1v) is 8.88. The fourth-order valence-electron chi connectivity index (χ4n) is 0.970. The molecule has 0 aromatic heterocycles. The van der Waals surface area contributed by atoms with Crippen molar-refractivity contribution >= 4 is 35.4 Å². The number of hydrogen-bond donors (Lipinski definition) is 0. The summed E-state index contributed by atoms with van der Waals surface area (Å²) in [6.45, 7) is 3.28. The lowest BCUT2D eigenvalue weighted by molar-refractivity contribution is -0.123. The van der Waals surface area contributed by atoms with Crippen molar-refractivity contribution in [2.24, 2.45) is 0 Å². The lowest BCUT2D eigenvalue weighted by Gasteiger charge is -2.28. The highest BCUT2D eigenvalue weighted by Gasteiger charge is 2.31. The number of hydrogen-bond acceptors (Lipinski definition) is 3. The highest BCUT2D eigenvalue weighted by atomic mass is 35.5. The van der Waals surface area contributed by atoms with Crippen molar-refractivity contribution in [2.45, 2.75) is 32.4 Å². The summed E-state index contributed by atoms with van der Waals surface area (Å²) in [5, 5.41) is 0.293. The van der Waals surface area contributed by atoms with Gasteiger partial charge in [0.2, 0.25) is 12.4 Å². The molecule has 3 nitrogen and oxygen atoms in total. The molecule has 0 aromatic carbocycles. The number of carbonyl (C=O) groups excluding carboxylic acids is 1. The zero-order chi connectivity index (χ0) is 12.1. The summed E-state index contributed by atoms with van der Waals surface area (Å²) >= 11 is 6.86. The van der Waals surface area contributed by atoms with Crippen molar-refractivity contribution in [2.75, 3.05) is 19.1 Å². The molecule has 0 fully saturated rings. The fraction of sp³-hybridized carbons (Fsp3) is 0.889. The number of alkyl halides is 1. The summed E-state index contributed by atoms with van der Waals surface area (Å²) in [4.78, 5) is 11.4. The molecule has 0 radical (unpaired) electrons. The monoisotopic (exact) mass is 271 g/mol. The minimum absolute atomic E-state index is 0.110. The second-order valence-electron chi connectivity index (χ2n) is 3.33. The fourth-order valence-corrected chi connectivity index (χ4v) is 6.35. The van der Waals surface area contributed by atoms with E-state index in [9.17, 15) is 9.36 Å². The SMILES string of the molecule is CCC(C)SP(=O)(CC)N(C)C(=O)CCl. The lowest BCUT2D eigenvalue weighted by atomic mass is 10.4. The molecule has 0 saturated heterocycles. The molecule has 0 saturated carbocycles. The van der Waals surface area contributed by atoms with Crippen molar-refractivity contribution in [3.63, 3.8) is 0 Å². The van der Waals surface area contributed by atoms with E-state index in [1.165, 1.54) is 16.1 Å². The van der Waals surface area contributed by atoms with Crippen molar-refractivity contribution < 1.29 is 9.36 Å². The van der Waals surface area contributed by atoms with Crippen LogP contribution in [0.25, 0.3) is 0 Å². The van der Waals surface area contributed by atoms with Gasteiger partial charge in [-0.05, 0) is 6.42 Å². The summed E-state index contributed by atoms with van der Waals surface area (Å²) in [5.41, 5.74) is 0. The highest BCUT2D eigenvalue weighted by molar-refractivity contribution is 8.57. The number of halogens is 1. The van der Waals surface area contributed by atoms with E-state index < -0.39 is 6.49 Å². The van der Waals surface area contributed by atoms with Crippen LogP contribution in [0.1, 0.15) is 27.2 Å². The molecule has 90 valence electrons. The van der Waals surface area contributed by atoms with Crippen LogP contribution in [0.5, 0.6) is 0 Å². The third-order valence-corrected chi connectivity index (χ3v) is 9.02. The largest absolute Gasteiger partial charge is 0.288 e. The zero-order valence-electron chi connectivity index (χ0n) is 9.70. The Morgan fingerprint density at radius 2 is 2.07 bits per heavy atom. The molecule has 0 heterocycles. The zero-order valence-corrected chi connectivity index (χ0v) is 12.2. The maximum atomic E-state index is 12.5. The summed E-state index contributed by atoms with van der Waals surface area (Å²) in [5.74, 6) is -0.376. The van der Waals surface area contributed by atoms with E-state index in [-0.39, 0.29) is 11.8 Å². The van der Waals surface area contributed by atoms with Crippen molar-refractivity contribution in [1.29, 1.82) is 0 Å². The van der Waals surface area contributed by atoms with Crippen molar-refractivity contribution in [1.82, 2.24) is 4.67 Å². The molecule has 0 rings (SSSR count). The third kappa shape index (κ3) is 4.38. The molecule has 0 bridgehead atoms. The molecule has 6 heteroatoms. The summed E-state index contributed by atoms with van der Waals surface area (Å²) < 4.78 is 13.8. The van der Waals surface area contributed by atoms with Crippen LogP contribution in [0.4, 0.5) is 0 Å². The van der Waals surface area contributed by atoms with Gasteiger partial charge in [-0.3, -0.25) is 14.0 Å². The Labute approximate surface area is 101 Å². The molecule has 2 unspecified atom stereocenters. The van der Waals surface area contributed by atoms with Gasteiger partial charge in [-0.15, -0.1) is 11.6 Å². The second-order valence-corrected chi connectivity index (χ2v) is 9.46. The van der Waals surface area contributed by atoms with Gasteiger partial charge in [0.05, 0.1) is 0 Å². The van der Waals surface area contributed by atoms with E-state index in [4.69, 9.17) is 11.6 Å². The van der Waals surface area contributed by atoms with Crippen LogP contribution in [0.3, 0.4) is 0 Å². The van der Waals surface area contributed by atoms with E-state index in [0.29, 0.717) is 11.4 Å². The molecule has 2 atom stereocenters. The van der Waals surface area contributed by atoms with Gasteiger partial charge in [0.15, 0.2) is 0 Å². The number of carbonyl (C=O) groups is 1. The van der Waals surface area contributed by atoms with Crippen LogP contribution in [0.2, 0.25) is 0 Å². The van der Waals surface area contributed by atoms with Gasteiger partial charge in [0.25, 0.3) is 0 Å². The molecule has 0 aliphatic rings. The Bertz CT molecular complexity index is 262. The Kier molecular flexibility index (Phi) is 6.98. The van der Waals surface area contributed by atoms with Crippen LogP contribution in [0, 0.1) is 0 Å². The molecule has 0 spiro atoms. The summed E-state index contributed by atoms with van der Waals surface area (Å²) in [6.07, 6.45) is 1.43. The molecular weight excluding hydrogens is 253 g/mol. The molecule has 0 aliphatic carbocycles. The first-order chi connectivity index (χ1) is 6.91. The Hall–Kier alpha value is 0.340. The van der Waals surface area contributed by atoms with Crippen LogP contribution >= 0.6 is 29.5 Å². The number of rotatable bonds is 6. The van der Waals surface area contributed by atoms with Gasteiger partial charge in [-0.2, -0.15) is 0 Å². The normalized spacial score (nSPS) is 16.9. The van der Waals surface area contributed by atoms with E-state index in [1.807, 2.05) is 20.8 Å². The second kappa shape index (κ2) is 6.82. The Balaban J connectivity index is 4.69. The lowest BCUT2D eigenvalue weighted by Crippen LogP contribution is -2.25. The summed E-state index contributed by atoms with van der Waals surface area (Å²) in [6, 6.07) is 0. The predicted molar refractivity (Wildman–Crippen MR) is 69.0 cm³/mol. The van der Waals surface area contributed by atoms with Gasteiger partial charge < -0.3 is 0 Å². The molecular formula is C9H19ClNO2PS. The first kappa shape index (κ1) is 15.3. The highest BCUT2D eigenvalue weighted by Crippen LogP contribution is 2.62. The average molecular weight is 272 g/mol. The molecule has 0 aliphatic heterocycles. The van der Waals surface area contributed by atoms with E-state index in [2.05, 4.69) is 0 Å². The van der Waals surface area contributed by atoms with Gasteiger partial charge in [-0.1, -0.05) is 32.2 Å².